The first-order valence-corrected chi connectivity index (χ1v) is 8.69. The van der Waals surface area contributed by atoms with Crippen molar-refractivity contribution in [3.05, 3.63) is 60.3 Å². The van der Waals surface area contributed by atoms with Gasteiger partial charge in [-0.3, -0.25) is 19.6 Å². The number of hydrogen-bond donors (Lipinski definition) is 2. The number of nitrogens with zero attached hydrogens (tertiary/aromatic N) is 3. The van der Waals surface area contributed by atoms with E-state index in [0.29, 0.717) is 12.1 Å². The number of primary amides is 1. The molecule has 7 nitrogen and oxygen atoms in total. The Morgan fingerprint density at radius 3 is 2.67 bits per heavy atom. The number of fused-ring (bicyclic) bond motifs is 1. The van der Waals surface area contributed by atoms with Crippen molar-refractivity contribution in [2.75, 3.05) is 0 Å². The maximum atomic E-state index is 12.8. The average Bonchev–Trinajstić information content (AvgIpc) is 3.08. The molecule has 2 amide bonds. The van der Waals surface area contributed by atoms with E-state index in [-0.39, 0.29) is 5.91 Å². The van der Waals surface area contributed by atoms with Crippen LogP contribution in [-0.4, -0.2) is 32.4 Å². The van der Waals surface area contributed by atoms with Crippen LogP contribution < -0.4 is 11.1 Å². The largest absolute Gasteiger partial charge is 0.368 e. The highest BCUT2D eigenvalue weighted by atomic mass is 16.2. The molecule has 0 spiro atoms. The van der Waals surface area contributed by atoms with Crippen LogP contribution in [0.5, 0.6) is 0 Å². The fourth-order valence-electron chi connectivity index (χ4n) is 2.97. The van der Waals surface area contributed by atoms with Gasteiger partial charge < -0.3 is 15.6 Å². The van der Waals surface area contributed by atoms with Gasteiger partial charge in [-0.1, -0.05) is 26.8 Å². The molecule has 0 fully saturated rings. The lowest BCUT2D eigenvalue weighted by atomic mass is 9.86. The standard InChI is InChI=1S/C20H23N5O2/c1-20(2,3)17(18(21)26)24-19(27)14-8-13-9-22-10-16(13)25(11-14)12-15-6-4-5-7-23-15/h4-11,17H,12H2,1-3H3,(H2,21,26)(H,24,27)/t17-/m1/s1. The Morgan fingerprint density at radius 1 is 1.26 bits per heavy atom. The van der Waals surface area contributed by atoms with E-state index in [1.807, 2.05) is 43.5 Å². The van der Waals surface area contributed by atoms with Crippen LogP contribution in [0, 0.1) is 5.41 Å². The van der Waals surface area contributed by atoms with Gasteiger partial charge in [0, 0.05) is 24.2 Å². The zero-order chi connectivity index (χ0) is 19.6. The molecule has 1 atom stereocenters. The molecule has 2 aliphatic rings. The molecular formula is C20H23N5O2. The van der Waals surface area contributed by atoms with E-state index >= 15 is 0 Å². The highest BCUT2D eigenvalue weighted by molar-refractivity contribution is 5.98. The topological polar surface area (TPSA) is 103 Å². The van der Waals surface area contributed by atoms with Crippen molar-refractivity contribution in [2.45, 2.75) is 33.4 Å². The van der Waals surface area contributed by atoms with Crippen LogP contribution in [0.3, 0.4) is 0 Å². The first kappa shape index (κ1) is 18.6. The van der Waals surface area contributed by atoms with Crippen molar-refractivity contribution >= 4 is 11.8 Å². The summed E-state index contributed by atoms with van der Waals surface area (Å²) in [5, 5.41) is 2.76. The number of carbonyl (C=O) groups excluding carboxylic acids is 2. The number of aromatic nitrogens is 3. The lowest BCUT2D eigenvalue weighted by Gasteiger charge is -2.28. The van der Waals surface area contributed by atoms with E-state index in [2.05, 4.69) is 15.3 Å². The second-order valence-electron chi connectivity index (χ2n) is 7.60. The van der Waals surface area contributed by atoms with Crippen LogP contribution in [0.25, 0.3) is 11.3 Å². The van der Waals surface area contributed by atoms with Gasteiger partial charge in [-0.05, 0) is 23.6 Å². The average molecular weight is 365 g/mol. The SMILES string of the molecule is CC(C)(C)[C@H](NC(=O)c1cc2cncc-2n(Cc2ccccn2)c1)C(N)=O. The fourth-order valence-corrected chi connectivity index (χ4v) is 2.97. The van der Waals surface area contributed by atoms with Gasteiger partial charge >= 0.3 is 0 Å². The molecular weight excluding hydrogens is 342 g/mol. The normalized spacial score (nSPS) is 12.7. The fraction of sp³-hybridized carbons (Fsp3) is 0.300. The predicted molar refractivity (Wildman–Crippen MR) is 102 cm³/mol. The highest BCUT2D eigenvalue weighted by Crippen LogP contribution is 2.25. The number of amides is 2. The molecule has 3 N–H and O–H groups in total. The Hall–Kier alpha value is -3.22. The molecule has 0 bridgehead atoms. The minimum Gasteiger partial charge on any atom is -0.368 e. The number of nitrogens with two attached hydrogens (primary N) is 1. The summed E-state index contributed by atoms with van der Waals surface area (Å²) in [5.41, 5.74) is 8.03. The molecule has 7 heteroatoms. The van der Waals surface area contributed by atoms with Crippen molar-refractivity contribution in [1.82, 2.24) is 19.9 Å². The van der Waals surface area contributed by atoms with Gasteiger partial charge in [0.05, 0.1) is 29.7 Å². The van der Waals surface area contributed by atoms with Gasteiger partial charge in [-0.25, -0.2) is 0 Å². The first-order chi connectivity index (χ1) is 12.8. The summed E-state index contributed by atoms with van der Waals surface area (Å²) in [5.74, 6) is -0.917. The van der Waals surface area contributed by atoms with E-state index in [9.17, 15) is 9.59 Å². The molecule has 3 rings (SSSR count). The summed E-state index contributed by atoms with van der Waals surface area (Å²) in [7, 11) is 0. The van der Waals surface area contributed by atoms with Gasteiger partial charge in [-0.15, -0.1) is 0 Å². The Labute approximate surface area is 158 Å². The minimum atomic E-state index is -0.775. The summed E-state index contributed by atoms with van der Waals surface area (Å²) in [6.07, 6.45) is 6.93. The van der Waals surface area contributed by atoms with Crippen LogP contribution in [0.15, 0.2) is 49.1 Å². The van der Waals surface area contributed by atoms with Crippen LogP contribution in [0.4, 0.5) is 0 Å². The smallest absolute Gasteiger partial charge is 0.253 e. The van der Waals surface area contributed by atoms with Crippen molar-refractivity contribution in [1.29, 1.82) is 0 Å². The van der Waals surface area contributed by atoms with Gasteiger partial charge in [-0.2, -0.15) is 0 Å². The zero-order valence-electron chi connectivity index (χ0n) is 15.6. The third-order valence-corrected chi connectivity index (χ3v) is 4.37. The second kappa shape index (κ2) is 7.19. The van der Waals surface area contributed by atoms with E-state index in [1.165, 1.54) is 0 Å². The number of carbonyl (C=O) groups is 2. The van der Waals surface area contributed by atoms with Gasteiger partial charge in [0.2, 0.25) is 5.91 Å². The quantitative estimate of drug-likeness (QED) is 0.722. The third-order valence-electron chi connectivity index (χ3n) is 4.37. The van der Waals surface area contributed by atoms with E-state index in [0.717, 1.165) is 17.0 Å². The Balaban J connectivity index is 1.94. The van der Waals surface area contributed by atoms with E-state index < -0.39 is 17.4 Å². The molecule has 0 aliphatic carbocycles. The Bertz CT molecular complexity index is 927. The van der Waals surface area contributed by atoms with Crippen LogP contribution in [0.2, 0.25) is 0 Å². The molecule has 140 valence electrons. The molecule has 0 saturated heterocycles. The number of hydrogen-bond acceptors (Lipinski definition) is 4. The lowest BCUT2D eigenvalue weighted by molar-refractivity contribution is -0.122. The molecule has 2 aliphatic heterocycles. The molecule has 27 heavy (non-hydrogen) atoms. The van der Waals surface area contributed by atoms with Crippen LogP contribution >= 0.6 is 0 Å². The van der Waals surface area contributed by atoms with Crippen LogP contribution in [-0.2, 0) is 11.3 Å². The zero-order valence-corrected chi connectivity index (χ0v) is 15.6. The highest BCUT2D eigenvalue weighted by Gasteiger charge is 2.31. The summed E-state index contributed by atoms with van der Waals surface area (Å²) >= 11 is 0. The summed E-state index contributed by atoms with van der Waals surface area (Å²) in [6, 6.07) is 6.68. The molecule has 0 saturated carbocycles. The lowest BCUT2D eigenvalue weighted by Crippen LogP contribution is -2.52. The maximum absolute atomic E-state index is 12.8. The Kier molecular flexibility index (Phi) is 4.94. The van der Waals surface area contributed by atoms with Crippen molar-refractivity contribution < 1.29 is 9.59 Å². The van der Waals surface area contributed by atoms with E-state index in [1.54, 1.807) is 30.9 Å². The molecule has 0 unspecified atom stereocenters. The predicted octanol–water partition coefficient (Wildman–Crippen LogP) is 2.06. The molecule has 1 aromatic heterocycles. The third kappa shape index (κ3) is 4.13. The number of rotatable bonds is 5. The minimum absolute atomic E-state index is 0.355. The first-order valence-electron chi connectivity index (χ1n) is 8.69. The molecule has 0 aromatic carbocycles. The molecule has 0 radical (unpaired) electrons. The maximum Gasteiger partial charge on any atom is 0.253 e. The monoisotopic (exact) mass is 365 g/mol. The number of pyridine rings is 2. The summed E-state index contributed by atoms with van der Waals surface area (Å²) in [4.78, 5) is 33.1. The van der Waals surface area contributed by atoms with Gasteiger partial charge in [0.1, 0.15) is 6.04 Å². The van der Waals surface area contributed by atoms with Crippen molar-refractivity contribution in [2.24, 2.45) is 11.1 Å². The molecule has 3 heterocycles. The van der Waals surface area contributed by atoms with Crippen LogP contribution in [0.1, 0.15) is 36.8 Å². The number of nitrogens with one attached hydrogen (secondary N) is 1. The van der Waals surface area contributed by atoms with E-state index in [4.69, 9.17) is 5.73 Å². The van der Waals surface area contributed by atoms with Gasteiger partial charge in [0.15, 0.2) is 0 Å². The van der Waals surface area contributed by atoms with Crippen molar-refractivity contribution in [3.8, 4) is 11.3 Å². The Morgan fingerprint density at radius 2 is 2.04 bits per heavy atom. The summed E-state index contributed by atoms with van der Waals surface area (Å²) < 4.78 is 1.93. The molecule has 1 aromatic rings. The van der Waals surface area contributed by atoms with Crippen molar-refractivity contribution in [3.63, 3.8) is 0 Å². The summed E-state index contributed by atoms with van der Waals surface area (Å²) in [6.45, 7) is 6.07. The van der Waals surface area contributed by atoms with Gasteiger partial charge in [0.25, 0.3) is 5.91 Å². The second-order valence-corrected chi connectivity index (χ2v) is 7.60.